The maximum atomic E-state index is 12.8. The van der Waals surface area contributed by atoms with Crippen LogP contribution in [0.3, 0.4) is 0 Å². The highest BCUT2D eigenvalue weighted by molar-refractivity contribution is 6.42. The van der Waals surface area contributed by atoms with E-state index in [2.05, 4.69) is 0 Å². The van der Waals surface area contributed by atoms with Gasteiger partial charge in [-0.15, -0.1) is 0 Å². The van der Waals surface area contributed by atoms with Crippen molar-refractivity contribution in [3.05, 3.63) is 33.8 Å². The van der Waals surface area contributed by atoms with E-state index in [0.717, 1.165) is 24.8 Å². The van der Waals surface area contributed by atoms with Gasteiger partial charge >= 0.3 is 0 Å². The number of hydrogen-bond donors (Lipinski definition) is 0. The fourth-order valence-electron chi connectivity index (χ4n) is 4.00. The lowest BCUT2D eigenvalue weighted by Crippen LogP contribution is -2.43. The SMILES string of the molecule is CN(Cc1cccc(Cl)c1Cl)C(=O)C1CC2CCCC(C1)C2=O. The number of amides is 1. The van der Waals surface area contributed by atoms with Crippen molar-refractivity contribution in [1.82, 2.24) is 4.90 Å². The molecule has 3 rings (SSSR count). The van der Waals surface area contributed by atoms with Crippen molar-refractivity contribution in [2.75, 3.05) is 7.05 Å². The number of ketones is 1. The zero-order valence-corrected chi connectivity index (χ0v) is 14.7. The fraction of sp³-hybridized carbons (Fsp3) is 0.556. The molecule has 2 aliphatic carbocycles. The van der Waals surface area contributed by atoms with Gasteiger partial charge in [0.2, 0.25) is 5.91 Å². The second kappa shape index (κ2) is 6.82. The number of rotatable bonds is 3. The average Bonchev–Trinajstić information content (AvgIpc) is 2.51. The number of fused-ring (bicyclic) bond motifs is 2. The molecule has 3 nitrogen and oxygen atoms in total. The highest BCUT2D eigenvalue weighted by Gasteiger charge is 2.41. The lowest BCUT2D eigenvalue weighted by Gasteiger charge is -2.38. The van der Waals surface area contributed by atoms with Crippen LogP contribution in [0.1, 0.15) is 37.7 Å². The van der Waals surface area contributed by atoms with Gasteiger partial charge < -0.3 is 4.90 Å². The molecule has 2 saturated carbocycles. The van der Waals surface area contributed by atoms with Crippen LogP contribution in [-0.4, -0.2) is 23.6 Å². The van der Waals surface area contributed by atoms with Crippen LogP contribution in [-0.2, 0) is 16.1 Å². The van der Waals surface area contributed by atoms with Crippen LogP contribution in [0.2, 0.25) is 10.0 Å². The van der Waals surface area contributed by atoms with Gasteiger partial charge in [-0.05, 0) is 37.3 Å². The summed E-state index contributed by atoms with van der Waals surface area (Å²) in [7, 11) is 1.80. The first-order valence-electron chi connectivity index (χ1n) is 8.19. The van der Waals surface area contributed by atoms with Crippen LogP contribution in [0, 0.1) is 17.8 Å². The van der Waals surface area contributed by atoms with Gasteiger partial charge in [0.1, 0.15) is 5.78 Å². The topological polar surface area (TPSA) is 37.4 Å². The molecule has 2 atom stereocenters. The first kappa shape index (κ1) is 16.8. The summed E-state index contributed by atoms with van der Waals surface area (Å²) in [5, 5.41) is 1.01. The zero-order chi connectivity index (χ0) is 16.6. The normalized spacial score (nSPS) is 26.9. The maximum Gasteiger partial charge on any atom is 0.225 e. The van der Waals surface area contributed by atoms with E-state index in [1.54, 1.807) is 18.0 Å². The van der Waals surface area contributed by atoms with E-state index in [-0.39, 0.29) is 23.7 Å². The molecule has 0 radical (unpaired) electrons. The van der Waals surface area contributed by atoms with Gasteiger partial charge in [-0.25, -0.2) is 0 Å². The molecule has 1 aromatic carbocycles. The second-order valence-corrected chi connectivity index (χ2v) is 7.59. The molecule has 0 saturated heterocycles. The van der Waals surface area contributed by atoms with Gasteiger partial charge in [-0.3, -0.25) is 9.59 Å². The molecule has 1 aromatic rings. The summed E-state index contributed by atoms with van der Waals surface area (Å²) < 4.78 is 0. The van der Waals surface area contributed by atoms with Gasteiger partial charge in [0.05, 0.1) is 10.0 Å². The maximum absolute atomic E-state index is 12.8. The molecule has 0 aromatic heterocycles. The van der Waals surface area contributed by atoms with Gasteiger partial charge in [0.25, 0.3) is 0 Å². The van der Waals surface area contributed by atoms with Crippen molar-refractivity contribution in [2.45, 2.75) is 38.6 Å². The van der Waals surface area contributed by atoms with E-state index in [1.807, 2.05) is 12.1 Å². The summed E-state index contributed by atoms with van der Waals surface area (Å²) in [6.45, 7) is 0.442. The lowest BCUT2D eigenvalue weighted by atomic mass is 9.67. The van der Waals surface area contributed by atoms with E-state index in [9.17, 15) is 9.59 Å². The molecule has 0 aliphatic heterocycles. The van der Waals surface area contributed by atoms with Crippen LogP contribution < -0.4 is 0 Å². The molecular formula is C18H21Cl2NO2. The smallest absolute Gasteiger partial charge is 0.225 e. The molecule has 2 fully saturated rings. The minimum atomic E-state index is -0.0361. The summed E-state index contributed by atoms with van der Waals surface area (Å²) >= 11 is 12.2. The van der Waals surface area contributed by atoms with Crippen molar-refractivity contribution in [1.29, 1.82) is 0 Å². The zero-order valence-electron chi connectivity index (χ0n) is 13.2. The molecule has 2 bridgehead atoms. The van der Waals surface area contributed by atoms with Crippen LogP contribution in [0.25, 0.3) is 0 Å². The standard InChI is InChI=1S/C18H21Cl2NO2/c1-21(10-13-6-3-7-15(19)16(13)20)18(23)14-8-11-4-2-5-12(9-14)17(11)22/h3,6-7,11-12,14H,2,4-5,8-10H2,1H3. The van der Waals surface area contributed by atoms with Crippen molar-refractivity contribution in [3.8, 4) is 0 Å². The molecule has 0 N–H and O–H groups in total. The molecular weight excluding hydrogens is 333 g/mol. The number of nitrogens with zero attached hydrogens (tertiary/aromatic N) is 1. The number of hydrogen-bond acceptors (Lipinski definition) is 2. The number of Topliss-reactive ketones (excluding diaryl/α,β-unsaturated/α-hetero) is 1. The summed E-state index contributed by atoms with van der Waals surface area (Å²) in [6, 6.07) is 5.46. The third-order valence-electron chi connectivity index (χ3n) is 5.21. The Labute approximate surface area is 146 Å². The van der Waals surface area contributed by atoms with Crippen molar-refractivity contribution in [2.24, 2.45) is 17.8 Å². The molecule has 23 heavy (non-hydrogen) atoms. The lowest BCUT2D eigenvalue weighted by molar-refractivity contribution is -0.142. The predicted octanol–water partition coefficient (Wildman–Crippen LogP) is 4.35. The number of benzene rings is 1. The van der Waals surface area contributed by atoms with Crippen LogP contribution in [0.5, 0.6) is 0 Å². The van der Waals surface area contributed by atoms with Crippen molar-refractivity contribution < 1.29 is 9.59 Å². The van der Waals surface area contributed by atoms with Gasteiger partial charge in [0, 0.05) is 31.3 Å². The Morgan fingerprint density at radius 1 is 1.22 bits per heavy atom. The second-order valence-electron chi connectivity index (χ2n) is 6.80. The highest BCUT2D eigenvalue weighted by atomic mass is 35.5. The summed E-state index contributed by atoms with van der Waals surface area (Å²) in [6.07, 6.45) is 4.44. The molecule has 2 aliphatic rings. The van der Waals surface area contributed by atoms with E-state index in [1.165, 1.54) is 0 Å². The highest BCUT2D eigenvalue weighted by Crippen LogP contribution is 2.40. The summed E-state index contributed by atoms with van der Waals surface area (Å²) in [4.78, 5) is 26.7. The predicted molar refractivity (Wildman–Crippen MR) is 91.5 cm³/mol. The summed E-state index contributed by atoms with van der Waals surface area (Å²) in [5.74, 6) is 0.663. The van der Waals surface area contributed by atoms with Crippen molar-refractivity contribution >= 4 is 34.9 Å². The quantitative estimate of drug-likeness (QED) is 0.809. The van der Waals surface area contributed by atoms with Crippen molar-refractivity contribution in [3.63, 3.8) is 0 Å². The fourth-order valence-corrected chi connectivity index (χ4v) is 4.38. The number of halogens is 2. The summed E-state index contributed by atoms with van der Waals surface area (Å²) in [5.41, 5.74) is 0.849. The molecule has 1 amide bonds. The third kappa shape index (κ3) is 3.41. The minimum absolute atomic E-state index is 0.0361. The number of carbonyl (C=O) groups is 2. The Morgan fingerprint density at radius 3 is 2.52 bits per heavy atom. The molecule has 5 heteroatoms. The van der Waals surface area contributed by atoms with Gasteiger partial charge in [-0.2, -0.15) is 0 Å². The van der Waals surface area contributed by atoms with E-state index < -0.39 is 0 Å². The minimum Gasteiger partial charge on any atom is -0.341 e. The van der Waals surface area contributed by atoms with Crippen LogP contribution >= 0.6 is 23.2 Å². The van der Waals surface area contributed by atoms with E-state index >= 15 is 0 Å². The molecule has 2 unspecified atom stereocenters. The van der Waals surface area contributed by atoms with Crippen LogP contribution in [0.4, 0.5) is 0 Å². The van der Waals surface area contributed by atoms with E-state index in [4.69, 9.17) is 23.2 Å². The van der Waals surface area contributed by atoms with Crippen LogP contribution in [0.15, 0.2) is 18.2 Å². The van der Waals surface area contributed by atoms with E-state index in [0.29, 0.717) is 35.2 Å². The first-order chi connectivity index (χ1) is 11.0. The largest absolute Gasteiger partial charge is 0.341 e. The average molecular weight is 354 g/mol. The first-order valence-corrected chi connectivity index (χ1v) is 8.94. The van der Waals surface area contributed by atoms with Gasteiger partial charge in [0.15, 0.2) is 0 Å². The van der Waals surface area contributed by atoms with Gasteiger partial charge in [-0.1, -0.05) is 41.8 Å². The molecule has 124 valence electrons. The number of carbonyl (C=O) groups excluding carboxylic acids is 2. The third-order valence-corrected chi connectivity index (χ3v) is 6.07. The Hall–Kier alpha value is -1.06. The Bertz CT molecular complexity index is 615. The Balaban J connectivity index is 1.68. The Morgan fingerprint density at radius 2 is 1.87 bits per heavy atom. The Kier molecular flexibility index (Phi) is 4.98. The monoisotopic (exact) mass is 353 g/mol. The molecule has 0 spiro atoms. The molecule has 0 heterocycles.